The van der Waals surface area contributed by atoms with Gasteiger partial charge in [-0.25, -0.2) is 4.98 Å². The van der Waals surface area contributed by atoms with Crippen molar-refractivity contribution in [2.75, 3.05) is 31.6 Å². The number of carboxylic acids is 1. The molecule has 0 saturated carbocycles. The summed E-state index contributed by atoms with van der Waals surface area (Å²) in [4.78, 5) is 18.6. The first-order valence-corrected chi connectivity index (χ1v) is 11.5. The number of aromatic nitrogens is 1. The number of ether oxygens (including phenoxy) is 1. The number of anilines is 1. The quantitative estimate of drug-likeness (QED) is 0.562. The van der Waals surface area contributed by atoms with Gasteiger partial charge in [0.05, 0.1) is 6.10 Å². The zero-order valence-corrected chi connectivity index (χ0v) is 18.5. The van der Waals surface area contributed by atoms with E-state index in [1.165, 1.54) is 12.0 Å². The molecule has 2 unspecified atom stereocenters. The van der Waals surface area contributed by atoms with Gasteiger partial charge in [-0.1, -0.05) is 29.8 Å². The van der Waals surface area contributed by atoms with Gasteiger partial charge >= 0.3 is 5.97 Å². The van der Waals surface area contributed by atoms with E-state index in [1.807, 2.05) is 11.0 Å². The topological polar surface area (TPSA) is 74.7 Å². The summed E-state index contributed by atoms with van der Waals surface area (Å²) in [5.74, 6) is 0.202. The standard InChI is InChI=1S/C24H30ClN3O3/c25-19-7-3-5-18(15-19)22(24(29)30)28-13-11-21(16-28)31-14-2-1-8-20-10-9-17-6-4-12-26-23(17)27-20/h3,5,7,9-10,15,21-22H,1-2,4,6,8,11-14,16H2,(H,26,27)(H,29,30). The average molecular weight is 444 g/mol. The maximum absolute atomic E-state index is 11.9. The molecule has 2 N–H and O–H groups in total. The lowest BCUT2D eigenvalue weighted by molar-refractivity contribution is -0.143. The summed E-state index contributed by atoms with van der Waals surface area (Å²) < 4.78 is 6.06. The number of nitrogens with one attached hydrogen (secondary N) is 1. The zero-order valence-electron chi connectivity index (χ0n) is 17.7. The van der Waals surface area contributed by atoms with Gasteiger partial charge in [-0.05, 0) is 67.9 Å². The van der Waals surface area contributed by atoms with Gasteiger partial charge in [0, 0.05) is 37.0 Å². The Labute approximate surface area is 188 Å². The first kappa shape index (κ1) is 22.1. The van der Waals surface area contributed by atoms with Crippen LogP contribution < -0.4 is 5.32 Å². The number of carboxylic acid groups (broad SMARTS) is 1. The third-order valence-corrected chi connectivity index (χ3v) is 6.31. The third-order valence-electron chi connectivity index (χ3n) is 6.07. The van der Waals surface area contributed by atoms with E-state index < -0.39 is 12.0 Å². The van der Waals surface area contributed by atoms with E-state index in [1.54, 1.807) is 18.2 Å². The molecule has 0 bridgehead atoms. The van der Waals surface area contributed by atoms with Crippen LogP contribution in [0.4, 0.5) is 5.82 Å². The summed E-state index contributed by atoms with van der Waals surface area (Å²) >= 11 is 6.06. The first-order chi connectivity index (χ1) is 15.1. The Morgan fingerprint density at radius 2 is 2.23 bits per heavy atom. The summed E-state index contributed by atoms with van der Waals surface area (Å²) in [6.07, 6.45) is 6.17. The molecule has 0 amide bonds. The Kier molecular flexibility index (Phi) is 7.43. The normalized spacial score (nSPS) is 19.6. The minimum Gasteiger partial charge on any atom is -0.480 e. The van der Waals surface area contributed by atoms with Crippen LogP contribution >= 0.6 is 11.6 Å². The van der Waals surface area contributed by atoms with Crippen LogP contribution in [0.3, 0.4) is 0 Å². The van der Waals surface area contributed by atoms with Crippen molar-refractivity contribution in [3.63, 3.8) is 0 Å². The van der Waals surface area contributed by atoms with E-state index in [4.69, 9.17) is 21.3 Å². The lowest BCUT2D eigenvalue weighted by Crippen LogP contribution is -2.33. The lowest BCUT2D eigenvalue weighted by Gasteiger charge is -2.24. The van der Waals surface area contributed by atoms with Gasteiger partial charge in [0.25, 0.3) is 0 Å². The molecule has 0 spiro atoms. The molecule has 2 aliphatic rings. The summed E-state index contributed by atoms with van der Waals surface area (Å²) in [5.41, 5.74) is 3.17. The SMILES string of the molecule is O=C(O)C(c1cccc(Cl)c1)N1CCC(OCCCCc2ccc3c(n2)NCCC3)C1. The van der Waals surface area contributed by atoms with Crippen molar-refractivity contribution >= 4 is 23.4 Å². The van der Waals surface area contributed by atoms with Crippen molar-refractivity contribution in [2.24, 2.45) is 0 Å². The fourth-order valence-corrected chi connectivity index (χ4v) is 4.68. The number of rotatable bonds is 9. The van der Waals surface area contributed by atoms with Crippen LogP contribution in [0.15, 0.2) is 36.4 Å². The van der Waals surface area contributed by atoms with Crippen molar-refractivity contribution in [3.8, 4) is 0 Å². The predicted octanol–water partition coefficient (Wildman–Crippen LogP) is 4.33. The number of carbonyl (C=O) groups is 1. The van der Waals surface area contributed by atoms with Crippen LogP contribution in [0, 0.1) is 0 Å². The molecule has 3 heterocycles. The Balaban J connectivity index is 1.20. The highest BCUT2D eigenvalue weighted by atomic mass is 35.5. The average Bonchev–Trinajstić information content (AvgIpc) is 3.21. The second-order valence-corrected chi connectivity index (χ2v) is 8.81. The Morgan fingerprint density at radius 3 is 3.06 bits per heavy atom. The van der Waals surface area contributed by atoms with Crippen LogP contribution in [0.2, 0.25) is 5.02 Å². The van der Waals surface area contributed by atoms with Gasteiger partial charge in [-0.3, -0.25) is 9.69 Å². The number of hydrogen-bond acceptors (Lipinski definition) is 5. The predicted molar refractivity (Wildman–Crippen MR) is 122 cm³/mol. The van der Waals surface area contributed by atoms with Crippen LogP contribution in [-0.2, 0) is 22.4 Å². The molecule has 166 valence electrons. The number of hydrogen-bond donors (Lipinski definition) is 2. The number of nitrogens with zero attached hydrogens (tertiary/aromatic N) is 2. The van der Waals surface area contributed by atoms with E-state index in [0.29, 0.717) is 30.3 Å². The number of fused-ring (bicyclic) bond motifs is 1. The number of unbranched alkanes of at least 4 members (excludes halogenated alkanes) is 1. The molecule has 4 rings (SSSR count). The van der Waals surface area contributed by atoms with Gasteiger partial charge in [0.2, 0.25) is 0 Å². The van der Waals surface area contributed by atoms with Crippen LogP contribution in [0.25, 0.3) is 0 Å². The van der Waals surface area contributed by atoms with Gasteiger partial charge in [-0.15, -0.1) is 0 Å². The molecule has 1 aromatic heterocycles. The fraction of sp³-hybridized carbons (Fsp3) is 0.500. The molecule has 0 aliphatic carbocycles. The molecule has 2 atom stereocenters. The molecular formula is C24H30ClN3O3. The van der Waals surface area contributed by atoms with E-state index in [2.05, 4.69) is 17.4 Å². The molecule has 31 heavy (non-hydrogen) atoms. The zero-order chi connectivity index (χ0) is 21.6. The van der Waals surface area contributed by atoms with Crippen molar-refractivity contribution < 1.29 is 14.6 Å². The van der Waals surface area contributed by atoms with Crippen molar-refractivity contribution in [1.29, 1.82) is 0 Å². The van der Waals surface area contributed by atoms with Gasteiger partial charge in [0.15, 0.2) is 0 Å². The number of aryl methyl sites for hydroxylation is 2. The number of benzene rings is 1. The molecule has 1 saturated heterocycles. The molecular weight excluding hydrogens is 414 g/mol. The van der Waals surface area contributed by atoms with Gasteiger partial charge in [-0.2, -0.15) is 0 Å². The molecule has 1 aromatic carbocycles. The molecule has 2 aliphatic heterocycles. The second kappa shape index (κ2) is 10.4. The van der Waals surface area contributed by atoms with Crippen molar-refractivity contribution in [1.82, 2.24) is 9.88 Å². The van der Waals surface area contributed by atoms with Crippen LogP contribution in [-0.4, -0.2) is 53.3 Å². The van der Waals surface area contributed by atoms with E-state index in [-0.39, 0.29) is 6.10 Å². The van der Waals surface area contributed by atoms with E-state index >= 15 is 0 Å². The van der Waals surface area contributed by atoms with Crippen molar-refractivity contribution in [2.45, 2.75) is 50.7 Å². The Bertz CT molecular complexity index is 907. The fourth-order valence-electron chi connectivity index (χ4n) is 4.48. The molecule has 6 nitrogen and oxygen atoms in total. The third kappa shape index (κ3) is 5.76. The van der Waals surface area contributed by atoms with Crippen molar-refractivity contribution in [3.05, 3.63) is 58.2 Å². The minimum absolute atomic E-state index is 0.0760. The molecule has 1 fully saturated rings. The highest BCUT2D eigenvalue weighted by molar-refractivity contribution is 6.30. The molecule has 2 aromatic rings. The molecule has 0 radical (unpaired) electrons. The number of pyridine rings is 1. The smallest absolute Gasteiger partial charge is 0.325 e. The first-order valence-electron chi connectivity index (χ1n) is 11.2. The van der Waals surface area contributed by atoms with Crippen LogP contribution in [0.1, 0.15) is 48.5 Å². The monoisotopic (exact) mass is 443 g/mol. The minimum atomic E-state index is -0.852. The Morgan fingerprint density at radius 1 is 1.32 bits per heavy atom. The highest BCUT2D eigenvalue weighted by Crippen LogP contribution is 2.28. The lowest BCUT2D eigenvalue weighted by atomic mass is 10.1. The summed E-state index contributed by atoms with van der Waals surface area (Å²) in [7, 11) is 0. The summed E-state index contributed by atoms with van der Waals surface area (Å²) in [6, 6.07) is 10.8. The van der Waals surface area contributed by atoms with Crippen LogP contribution in [0.5, 0.6) is 0 Å². The van der Waals surface area contributed by atoms with E-state index in [0.717, 1.165) is 50.2 Å². The largest absolute Gasteiger partial charge is 0.480 e. The Hall–Kier alpha value is -2.15. The van der Waals surface area contributed by atoms with Gasteiger partial charge in [0.1, 0.15) is 11.9 Å². The maximum Gasteiger partial charge on any atom is 0.325 e. The summed E-state index contributed by atoms with van der Waals surface area (Å²) in [5, 5.41) is 13.7. The second-order valence-electron chi connectivity index (χ2n) is 8.37. The highest BCUT2D eigenvalue weighted by Gasteiger charge is 2.34. The molecule has 7 heteroatoms. The number of aliphatic carboxylic acids is 1. The number of halogens is 1. The number of likely N-dealkylation sites (tertiary alicyclic amines) is 1. The maximum atomic E-state index is 11.9. The van der Waals surface area contributed by atoms with Gasteiger partial charge < -0.3 is 15.2 Å². The van der Waals surface area contributed by atoms with E-state index in [9.17, 15) is 9.90 Å². The summed E-state index contributed by atoms with van der Waals surface area (Å²) in [6.45, 7) is 3.04.